The van der Waals surface area contributed by atoms with Gasteiger partial charge in [0.2, 0.25) is 0 Å². The number of anilines is 1. The third-order valence-corrected chi connectivity index (χ3v) is 2.20. The minimum absolute atomic E-state index is 0.241. The van der Waals surface area contributed by atoms with Gasteiger partial charge in [0.15, 0.2) is 0 Å². The smallest absolute Gasteiger partial charge is 0.137 e. The van der Waals surface area contributed by atoms with E-state index in [-0.39, 0.29) is 5.82 Å². The van der Waals surface area contributed by atoms with Gasteiger partial charge in [-0.2, -0.15) is 0 Å². The number of benzene rings is 1. The Morgan fingerprint density at radius 3 is 2.92 bits per heavy atom. The average Bonchev–Trinajstić information content (AvgIpc) is 2.12. The molecule has 1 nitrogen and oxygen atoms in total. The minimum atomic E-state index is -0.241. The molecule has 0 aliphatic rings. The molecule has 0 unspecified atom stereocenters. The van der Waals surface area contributed by atoms with Crippen LogP contribution in [-0.2, 0) is 0 Å². The van der Waals surface area contributed by atoms with E-state index >= 15 is 0 Å². The second-order valence-electron chi connectivity index (χ2n) is 2.63. The Bertz CT molecular complexity index is 299. The van der Waals surface area contributed by atoms with Gasteiger partial charge in [-0.3, -0.25) is 0 Å². The lowest BCUT2D eigenvalue weighted by molar-refractivity contribution is 0.621. The number of halogens is 2. The fraction of sp³-hybridized carbons (Fsp3) is 0.200. The lowest BCUT2D eigenvalue weighted by atomic mass is 10.3. The SMILES string of the molecule is C=CCCNc1ccc(F)c(Br)c1. The van der Waals surface area contributed by atoms with Crippen LogP contribution in [0.25, 0.3) is 0 Å². The van der Waals surface area contributed by atoms with Gasteiger partial charge in [-0.15, -0.1) is 6.58 Å². The van der Waals surface area contributed by atoms with Crippen molar-refractivity contribution in [3.8, 4) is 0 Å². The normalized spacial score (nSPS) is 9.69. The minimum Gasteiger partial charge on any atom is -0.385 e. The van der Waals surface area contributed by atoms with E-state index < -0.39 is 0 Å². The Kier molecular flexibility index (Phi) is 3.96. The molecule has 0 saturated carbocycles. The summed E-state index contributed by atoms with van der Waals surface area (Å²) in [5, 5.41) is 3.15. The zero-order chi connectivity index (χ0) is 9.68. The van der Waals surface area contributed by atoms with Crippen molar-refractivity contribution in [3.05, 3.63) is 41.1 Å². The highest BCUT2D eigenvalue weighted by atomic mass is 79.9. The van der Waals surface area contributed by atoms with Crippen LogP contribution in [0, 0.1) is 5.82 Å². The van der Waals surface area contributed by atoms with Crippen molar-refractivity contribution in [1.82, 2.24) is 0 Å². The van der Waals surface area contributed by atoms with Crippen molar-refractivity contribution in [3.63, 3.8) is 0 Å². The van der Waals surface area contributed by atoms with Gasteiger partial charge in [0, 0.05) is 12.2 Å². The predicted molar refractivity (Wildman–Crippen MR) is 57.4 cm³/mol. The molecule has 1 rings (SSSR count). The topological polar surface area (TPSA) is 12.0 Å². The maximum absolute atomic E-state index is 12.8. The zero-order valence-corrected chi connectivity index (χ0v) is 8.77. The van der Waals surface area contributed by atoms with Gasteiger partial charge in [0.25, 0.3) is 0 Å². The fourth-order valence-corrected chi connectivity index (χ4v) is 1.30. The van der Waals surface area contributed by atoms with Crippen molar-refractivity contribution in [2.75, 3.05) is 11.9 Å². The van der Waals surface area contributed by atoms with E-state index in [4.69, 9.17) is 0 Å². The summed E-state index contributed by atoms with van der Waals surface area (Å²) in [4.78, 5) is 0. The van der Waals surface area contributed by atoms with Crippen LogP contribution in [0.4, 0.5) is 10.1 Å². The average molecular weight is 244 g/mol. The van der Waals surface area contributed by atoms with E-state index in [2.05, 4.69) is 27.8 Å². The molecule has 0 heterocycles. The predicted octanol–water partition coefficient (Wildman–Crippen LogP) is 3.58. The lowest BCUT2D eigenvalue weighted by Crippen LogP contribution is -1.99. The van der Waals surface area contributed by atoms with Gasteiger partial charge in [-0.05, 0) is 40.5 Å². The number of nitrogens with one attached hydrogen (secondary N) is 1. The second kappa shape index (κ2) is 5.02. The van der Waals surface area contributed by atoms with Crippen molar-refractivity contribution >= 4 is 21.6 Å². The number of hydrogen-bond donors (Lipinski definition) is 1. The summed E-state index contributed by atoms with van der Waals surface area (Å²) < 4.78 is 13.3. The summed E-state index contributed by atoms with van der Waals surface area (Å²) >= 11 is 3.12. The highest BCUT2D eigenvalue weighted by molar-refractivity contribution is 9.10. The maximum atomic E-state index is 12.8. The highest BCUT2D eigenvalue weighted by Crippen LogP contribution is 2.19. The quantitative estimate of drug-likeness (QED) is 0.630. The first kappa shape index (κ1) is 10.3. The molecule has 3 heteroatoms. The largest absolute Gasteiger partial charge is 0.385 e. The van der Waals surface area contributed by atoms with Crippen molar-refractivity contribution in [2.24, 2.45) is 0 Å². The molecule has 0 aromatic heterocycles. The van der Waals surface area contributed by atoms with Crippen LogP contribution < -0.4 is 5.32 Å². The summed E-state index contributed by atoms with van der Waals surface area (Å²) in [6.07, 6.45) is 2.74. The van der Waals surface area contributed by atoms with E-state index in [0.29, 0.717) is 4.47 Å². The van der Waals surface area contributed by atoms with Crippen LogP contribution in [0.5, 0.6) is 0 Å². The maximum Gasteiger partial charge on any atom is 0.137 e. The Balaban J connectivity index is 2.57. The molecular formula is C10H11BrFN. The number of rotatable bonds is 4. The van der Waals surface area contributed by atoms with E-state index in [1.165, 1.54) is 6.07 Å². The molecule has 1 aromatic rings. The number of hydrogen-bond acceptors (Lipinski definition) is 1. The second-order valence-corrected chi connectivity index (χ2v) is 3.49. The monoisotopic (exact) mass is 243 g/mol. The fourth-order valence-electron chi connectivity index (χ4n) is 0.925. The Hall–Kier alpha value is -0.830. The summed E-state index contributed by atoms with van der Waals surface area (Å²) in [6.45, 7) is 4.44. The van der Waals surface area contributed by atoms with Crippen molar-refractivity contribution in [1.29, 1.82) is 0 Å². The molecule has 0 aliphatic carbocycles. The summed E-state index contributed by atoms with van der Waals surface area (Å²) in [6, 6.07) is 4.86. The van der Waals surface area contributed by atoms with E-state index in [0.717, 1.165) is 18.7 Å². The first-order valence-electron chi connectivity index (χ1n) is 4.04. The molecule has 0 spiro atoms. The third kappa shape index (κ3) is 3.19. The zero-order valence-electron chi connectivity index (χ0n) is 7.19. The molecule has 1 aromatic carbocycles. The molecule has 0 saturated heterocycles. The van der Waals surface area contributed by atoms with Crippen LogP contribution >= 0.6 is 15.9 Å². The standard InChI is InChI=1S/C10H11BrFN/c1-2-3-6-13-8-4-5-10(12)9(11)7-8/h2,4-5,7,13H,1,3,6H2. The molecule has 1 N–H and O–H groups in total. The van der Waals surface area contributed by atoms with Crippen LogP contribution in [0.3, 0.4) is 0 Å². The first-order valence-corrected chi connectivity index (χ1v) is 4.83. The molecule has 0 bridgehead atoms. The molecule has 13 heavy (non-hydrogen) atoms. The van der Waals surface area contributed by atoms with Crippen LogP contribution in [-0.4, -0.2) is 6.54 Å². The highest BCUT2D eigenvalue weighted by Gasteiger charge is 1.98. The van der Waals surface area contributed by atoms with E-state index in [1.807, 2.05) is 6.08 Å². The Labute approximate surface area is 85.8 Å². The molecule has 0 aliphatic heterocycles. The van der Waals surface area contributed by atoms with Crippen LogP contribution in [0.2, 0.25) is 0 Å². The molecule has 0 atom stereocenters. The first-order chi connectivity index (χ1) is 6.24. The van der Waals surface area contributed by atoms with Gasteiger partial charge in [0.05, 0.1) is 4.47 Å². The van der Waals surface area contributed by atoms with Gasteiger partial charge in [-0.25, -0.2) is 4.39 Å². The van der Waals surface area contributed by atoms with Crippen molar-refractivity contribution < 1.29 is 4.39 Å². The Morgan fingerprint density at radius 2 is 2.31 bits per heavy atom. The molecule has 70 valence electrons. The van der Waals surface area contributed by atoms with Gasteiger partial charge in [0.1, 0.15) is 5.82 Å². The molecule has 0 fully saturated rings. The van der Waals surface area contributed by atoms with E-state index in [9.17, 15) is 4.39 Å². The van der Waals surface area contributed by atoms with Gasteiger partial charge < -0.3 is 5.32 Å². The molecule has 0 radical (unpaired) electrons. The van der Waals surface area contributed by atoms with E-state index in [1.54, 1.807) is 12.1 Å². The Morgan fingerprint density at radius 1 is 1.54 bits per heavy atom. The third-order valence-electron chi connectivity index (χ3n) is 1.60. The molecular weight excluding hydrogens is 233 g/mol. The summed E-state index contributed by atoms with van der Waals surface area (Å²) in [5.74, 6) is -0.241. The summed E-state index contributed by atoms with van der Waals surface area (Å²) in [7, 11) is 0. The lowest BCUT2D eigenvalue weighted by Gasteiger charge is -2.04. The van der Waals surface area contributed by atoms with Crippen LogP contribution in [0.1, 0.15) is 6.42 Å². The summed E-state index contributed by atoms with van der Waals surface area (Å²) in [5.41, 5.74) is 0.912. The van der Waals surface area contributed by atoms with Crippen molar-refractivity contribution in [2.45, 2.75) is 6.42 Å². The van der Waals surface area contributed by atoms with Gasteiger partial charge >= 0.3 is 0 Å². The van der Waals surface area contributed by atoms with Gasteiger partial charge in [-0.1, -0.05) is 6.08 Å². The molecule has 0 amide bonds. The van der Waals surface area contributed by atoms with Crippen LogP contribution in [0.15, 0.2) is 35.3 Å².